The van der Waals surface area contributed by atoms with E-state index in [2.05, 4.69) is 4.72 Å². The maximum absolute atomic E-state index is 12.0. The number of rotatable bonds is 5. The second kappa shape index (κ2) is 5.68. The maximum Gasteiger partial charge on any atom is 0.244 e. The number of sulfonamides is 1. The van der Waals surface area contributed by atoms with Crippen molar-refractivity contribution in [3.05, 3.63) is 23.2 Å². The molecule has 7 heteroatoms. The fraction of sp³-hybridized carbons (Fsp3) is 0.400. The number of aliphatic hydroxyl groups is 1. The SMILES string of the molecule is CCC(CO)NS(=O)(=O)c1c(N)cccc1Cl. The molecule has 1 atom stereocenters. The minimum atomic E-state index is -3.81. The first-order valence-electron chi connectivity index (χ1n) is 5.09. The summed E-state index contributed by atoms with van der Waals surface area (Å²) < 4.78 is 26.4. The van der Waals surface area contributed by atoms with E-state index in [1.54, 1.807) is 13.0 Å². The van der Waals surface area contributed by atoms with Crippen LogP contribution in [0.15, 0.2) is 23.1 Å². The van der Waals surface area contributed by atoms with E-state index in [9.17, 15) is 8.42 Å². The predicted octanol–water partition coefficient (Wildman–Crippen LogP) is 0.971. The zero-order chi connectivity index (χ0) is 13.1. The second-order valence-electron chi connectivity index (χ2n) is 3.57. The first-order chi connectivity index (χ1) is 7.92. The summed E-state index contributed by atoms with van der Waals surface area (Å²) in [4.78, 5) is -0.145. The quantitative estimate of drug-likeness (QED) is 0.700. The highest BCUT2D eigenvalue weighted by molar-refractivity contribution is 7.89. The lowest BCUT2D eigenvalue weighted by Gasteiger charge is -2.16. The van der Waals surface area contributed by atoms with Gasteiger partial charge in [0.25, 0.3) is 0 Å². The van der Waals surface area contributed by atoms with Crippen LogP contribution in [0.4, 0.5) is 5.69 Å². The van der Waals surface area contributed by atoms with Crippen LogP contribution in [-0.4, -0.2) is 26.2 Å². The minimum absolute atomic E-state index is 0.0605. The predicted molar refractivity (Wildman–Crippen MR) is 67.4 cm³/mol. The van der Waals surface area contributed by atoms with Crippen LogP contribution in [0.2, 0.25) is 5.02 Å². The average Bonchev–Trinajstić information content (AvgIpc) is 2.25. The van der Waals surface area contributed by atoms with Crippen LogP contribution >= 0.6 is 11.6 Å². The lowest BCUT2D eigenvalue weighted by molar-refractivity contribution is 0.254. The van der Waals surface area contributed by atoms with Gasteiger partial charge in [0.15, 0.2) is 0 Å². The number of nitrogens with one attached hydrogen (secondary N) is 1. The third-order valence-electron chi connectivity index (χ3n) is 2.30. The third-order valence-corrected chi connectivity index (χ3v) is 4.36. The van der Waals surface area contributed by atoms with Gasteiger partial charge in [-0.15, -0.1) is 0 Å². The standard InChI is InChI=1S/C10H15ClN2O3S/c1-2-7(6-14)13-17(15,16)10-8(11)4-3-5-9(10)12/h3-5,7,13-14H,2,6,12H2,1H3. The van der Waals surface area contributed by atoms with Crippen molar-refractivity contribution in [2.75, 3.05) is 12.3 Å². The lowest BCUT2D eigenvalue weighted by atomic mass is 10.3. The van der Waals surface area contributed by atoms with Gasteiger partial charge in [-0.2, -0.15) is 0 Å². The van der Waals surface area contributed by atoms with E-state index >= 15 is 0 Å². The summed E-state index contributed by atoms with van der Waals surface area (Å²) in [5, 5.41) is 9.04. The second-order valence-corrected chi connectivity index (χ2v) is 5.63. The first kappa shape index (κ1) is 14.2. The van der Waals surface area contributed by atoms with Crippen LogP contribution in [0.1, 0.15) is 13.3 Å². The van der Waals surface area contributed by atoms with E-state index in [4.69, 9.17) is 22.4 Å². The van der Waals surface area contributed by atoms with Crippen molar-refractivity contribution in [1.29, 1.82) is 0 Å². The van der Waals surface area contributed by atoms with Crippen LogP contribution in [-0.2, 0) is 10.0 Å². The summed E-state index contributed by atoms with van der Waals surface area (Å²) in [5.41, 5.74) is 5.68. The molecular weight excluding hydrogens is 264 g/mol. The maximum atomic E-state index is 12.0. The van der Waals surface area contributed by atoms with Crippen molar-refractivity contribution < 1.29 is 13.5 Å². The zero-order valence-corrected chi connectivity index (χ0v) is 10.9. The first-order valence-corrected chi connectivity index (χ1v) is 6.95. The number of hydrogen-bond donors (Lipinski definition) is 3. The van der Waals surface area contributed by atoms with Gasteiger partial charge >= 0.3 is 0 Å². The van der Waals surface area contributed by atoms with Crippen LogP contribution in [0.3, 0.4) is 0 Å². The van der Waals surface area contributed by atoms with Gasteiger partial charge in [-0.1, -0.05) is 24.6 Å². The topological polar surface area (TPSA) is 92.4 Å². The van der Waals surface area contributed by atoms with E-state index in [0.717, 1.165) is 0 Å². The van der Waals surface area contributed by atoms with Gasteiger partial charge in [-0.3, -0.25) is 0 Å². The molecule has 17 heavy (non-hydrogen) atoms. The number of nitrogens with two attached hydrogens (primary N) is 1. The van der Waals surface area contributed by atoms with Crippen LogP contribution in [0, 0.1) is 0 Å². The van der Waals surface area contributed by atoms with Crippen LogP contribution < -0.4 is 10.5 Å². The van der Waals surface area contributed by atoms with Gasteiger partial charge in [0, 0.05) is 6.04 Å². The molecule has 5 nitrogen and oxygen atoms in total. The third kappa shape index (κ3) is 3.32. The molecule has 0 bridgehead atoms. The zero-order valence-electron chi connectivity index (χ0n) is 9.35. The van der Waals surface area contributed by atoms with Gasteiger partial charge in [-0.25, -0.2) is 13.1 Å². The molecular formula is C10H15ClN2O3S. The Bertz CT molecular complexity index is 466. The highest BCUT2D eigenvalue weighted by atomic mass is 35.5. The number of anilines is 1. The molecule has 0 spiro atoms. The molecule has 96 valence electrons. The minimum Gasteiger partial charge on any atom is -0.398 e. The molecule has 0 aliphatic heterocycles. The Morgan fingerprint density at radius 3 is 2.65 bits per heavy atom. The Morgan fingerprint density at radius 1 is 1.53 bits per heavy atom. The van der Waals surface area contributed by atoms with Crippen molar-refractivity contribution in [3.8, 4) is 0 Å². The highest BCUT2D eigenvalue weighted by Gasteiger charge is 2.23. The van der Waals surface area contributed by atoms with Crippen molar-refractivity contribution in [1.82, 2.24) is 4.72 Å². The van der Waals surface area contributed by atoms with Crippen LogP contribution in [0.5, 0.6) is 0 Å². The van der Waals surface area contributed by atoms with E-state index in [1.807, 2.05) is 0 Å². The number of aliphatic hydroxyl groups excluding tert-OH is 1. The van der Waals surface area contributed by atoms with Crippen LogP contribution in [0.25, 0.3) is 0 Å². The largest absolute Gasteiger partial charge is 0.398 e. The van der Waals surface area contributed by atoms with E-state index in [0.29, 0.717) is 6.42 Å². The number of halogens is 1. The molecule has 0 saturated heterocycles. The Balaban J connectivity index is 3.14. The normalized spacial score (nSPS) is 13.6. The molecule has 1 rings (SSSR count). The molecule has 0 saturated carbocycles. The summed E-state index contributed by atoms with van der Waals surface area (Å²) in [7, 11) is -3.81. The van der Waals surface area contributed by atoms with Gasteiger partial charge in [0.05, 0.1) is 17.3 Å². The molecule has 0 radical (unpaired) electrons. The van der Waals surface area contributed by atoms with Crippen molar-refractivity contribution in [2.45, 2.75) is 24.3 Å². The summed E-state index contributed by atoms with van der Waals surface area (Å²) in [5.74, 6) is 0. The summed E-state index contributed by atoms with van der Waals surface area (Å²) in [6.45, 7) is 1.49. The average molecular weight is 279 g/mol. The fourth-order valence-corrected chi connectivity index (χ4v) is 3.32. The van der Waals surface area contributed by atoms with Gasteiger partial charge in [-0.05, 0) is 18.6 Å². The molecule has 0 aromatic heterocycles. The summed E-state index contributed by atoms with van der Waals surface area (Å²) in [6.07, 6.45) is 0.472. The fourth-order valence-electron chi connectivity index (χ4n) is 1.34. The number of nitrogen functional groups attached to an aromatic ring is 1. The molecule has 1 aromatic rings. The summed E-state index contributed by atoms with van der Waals surface area (Å²) >= 11 is 5.82. The van der Waals surface area contributed by atoms with E-state index in [1.165, 1.54) is 12.1 Å². The Labute approximate surface area is 106 Å². The molecule has 0 fully saturated rings. The smallest absolute Gasteiger partial charge is 0.244 e. The van der Waals surface area contributed by atoms with Gasteiger partial charge < -0.3 is 10.8 Å². The molecule has 0 aliphatic carbocycles. The number of hydrogen-bond acceptors (Lipinski definition) is 4. The van der Waals surface area contributed by atoms with E-state index < -0.39 is 16.1 Å². The monoisotopic (exact) mass is 278 g/mol. The Kier molecular flexibility index (Phi) is 4.76. The van der Waals surface area contributed by atoms with Gasteiger partial charge in [0.2, 0.25) is 10.0 Å². The molecule has 0 aliphatic rings. The summed E-state index contributed by atoms with van der Waals surface area (Å²) in [6, 6.07) is 3.93. The Hall–Kier alpha value is -0.820. The lowest BCUT2D eigenvalue weighted by Crippen LogP contribution is -2.37. The van der Waals surface area contributed by atoms with Crippen molar-refractivity contribution >= 4 is 27.3 Å². The molecule has 1 aromatic carbocycles. The molecule has 0 amide bonds. The molecule has 1 unspecified atom stereocenters. The Morgan fingerprint density at radius 2 is 2.18 bits per heavy atom. The highest BCUT2D eigenvalue weighted by Crippen LogP contribution is 2.27. The number of benzene rings is 1. The van der Waals surface area contributed by atoms with Gasteiger partial charge in [0.1, 0.15) is 4.90 Å². The molecule has 4 N–H and O–H groups in total. The van der Waals surface area contributed by atoms with E-state index in [-0.39, 0.29) is 22.2 Å². The van der Waals surface area contributed by atoms with Crippen molar-refractivity contribution in [2.24, 2.45) is 0 Å². The molecule has 0 heterocycles. The van der Waals surface area contributed by atoms with Crippen molar-refractivity contribution in [3.63, 3.8) is 0 Å².